The highest BCUT2D eigenvalue weighted by Crippen LogP contribution is 2.22. The van der Waals surface area contributed by atoms with Crippen molar-refractivity contribution in [2.45, 2.75) is 13.3 Å². The van der Waals surface area contributed by atoms with Crippen molar-refractivity contribution in [3.63, 3.8) is 0 Å². The van der Waals surface area contributed by atoms with Gasteiger partial charge in [-0.1, -0.05) is 6.07 Å². The molecule has 7 nitrogen and oxygen atoms in total. The Kier molecular flexibility index (Phi) is 3.65. The Bertz CT molecular complexity index is 828. The van der Waals surface area contributed by atoms with Gasteiger partial charge in [0, 0.05) is 19.3 Å². The second kappa shape index (κ2) is 5.36. The van der Waals surface area contributed by atoms with Crippen LogP contribution in [0.15, 0.2) is 24.5 Å². The minimum absolute atomic E-state index is 0.0788. The molecule has 0 radical (unpaired) electrons. The molecule has 2 aromatic heterocycles. The van der Waals surface area contributed by atoms with E-state index in [1.807, 2.05) is 19.1 Å². The zero-order valence-electron chi connectivity index (χ0n) is 12.3. The standard InChI is InChI=1S/C14H18N4O3S/c1-10-3-2-5-18-13(10)12(7-16-18)14(19)17-6-4-11(8-17)9-22(15,20)21/h2-3,5,7,11H,4,6,8-9H2,1H3,(H2,15,20,21). The number of aryl methyl sites for hydroxylation is 1. The van der Waals surface area contributed by atoms with Crippen LogP contribution in [-0.2, 0) is 10.0 Å². The number of aromatic nitrogens is 2. The zero-order chi connectivity index (χ0) is 15.9. The van der Waals surface area contributed by atoms with Gasteiger partial charge in [0.05, 0.1) is 23.0 Å². The fraction of sp³-hybridized carbons (Fsp3) is 0.429. The lowest BCUT2D eigenvalue weighted by Crippen LogP contribution is -2.30. The number of nitrogens with two attached hydrogens (primary N) is 1. The molecule has 22 heavy (non-hydrogen) atoms. The van der Waals surface area contributed by atoms with Crippen molar-refractivity contribution in [2.24, 2.45) is 11.1 Å². The minimum atomic E-state index is -3.51. The van der Waals surface area contributed by atoms with Gasteiger partial charge in [0.15, 0.2) is 0 Å². The first-order chi connectivity index (χ1) is 10.3. The second-order valence-electron chi connectivity index (χ2n) is 5.78. The summed E-state index contributed by atoms with van der Waals surface area (Å²) in [4.78, 5) is 14.4. The Morgan fingerprint density at radius 3 is 3.00 bits per heavy atom. The highest BCUT2D eigenvalue weighted by Gasteiger charge is 2.30. The van der Waals surface area contributed by atoms with Gasteiger partial charge in [-0.05, 0) is 30.9 Å². The normalized spacial score (nSPS) is 19.0. The first-order valence-corrected chi connectivity index (χ1v) is 8.79. The quantitative estimate of drug-likeness (QED) is 0.884. The molecule has 2 N–H and O–H groups in total. The molecule has 0 aromatic carbocycles. The molecule has 1 aliphatic heterocycles. The number of hydrogen-bond acceptors (Lipinski definition) is 4. The third-order valence-corrected chi connectivity index (χ3v) is 4.95. The second-order valence-corrected chi connectivity index (χ2v) is 7.44. The van der Waals surface area contributed by atoms with Crippen LogP contribution in [0, 0.1) is 12.8 Å². The molecule has 2 aromatic rings. The Balaban J connectivity index is 1.83. The van der Waals surface area contributed by atoms with Gasteiger partial charge < -0.3 is 4.90 Å². The Labute approximate surface area is 128 Å². The average molecular weight is 322 g/mol. The summed E-state index contributed by atoms with van der Waals surface area (Å²) in [6.07, 6.45) is 4.02. The van der Waals surface area contributed by atoms with E-state index in [2.05, 4.69) is 5.10 Å². The third-order valence-electron chi connectivity index (χ3n) is 4.01. The van der Waals surface area contributed by atoms with E-state index in [1.165, 1.54) is 0 Å². The average Bonchev–Trinajstić information content (AvgIpc) is 3.03. The fourth-order valence-corrected chi connectivity index (χ4v) is 3.95. The van der Waals surface area contributed by atoms with E-state index in [-0.39, 0.29) is 17.6 Å². The van der Waals surface area contributed by atoms with Gasteiger partial charge in [0.25, 0.3) is 5.91 Å². The topological polar surface area (TPSA) is 97.8 Å². The lowest BCUT2D eigenvalue weighted by Gasteiger charge is -2.16. The largest absolute Gasteiger partial charge is 0.338 e. The molecule has 1 atom stereocenters. The molecule has 0 saturated carbocycles. The number of sulfonamides is 1. The molecule has 8 heteroatoms. The molecule has 0 bridgehead atoms. The molecule has 1 fully saturated rings. The van der Waals surface area contributed by atoms with Crippen LogP contribution in [0.25, 0.3) is 5.52 Å². The minimum Gasteiger partial charge on any atom is -0.338 e. The maximum Gasteiger partial charge on any atom is 0.257 e. The monoisotopic (exact) mass is 322 g/mol. The fourth-order valence-electron chi connectivity index (χ4n) is 3.02. The Morgan fingerprint density at radius 1 is 1.50 bits per heavy atom. The Morgan fingerprint density at radius 2 is 2.27 bits per heavy atom. The van der Waals surface area contributed by atoms with Crippen LogP contribution < -0.4 is 5.14 Å². The summed E-state index contributed by atoms with van der Waals surface area (Å²) in [5.41, 5.74) is 2.32. The van der Waals surface area contributed by atoms with Gasteiger partial charge in [-0.15, -0.1) is 0 Å². The van der Waals surface area contributed by atoms with E-state index < -0.39 is 10.0 Å². The van der Waals surface area contributed by atoms with Gasteiger partial charge in [0.1, 0.15) is 0 Å². The number of nitrogens with zero attached hydrogens (tertiary/aromatic N) is 3. The van der Waals surface area contributed by atoms with Crippen molar-refractivity contribution in [2.75, 3.05) is 18.8 Å². The summed E-state index contributed by atoms with van der Waals surface area (Å²) >= 11 is 0. The first kappa shape index (κ1) is 15.0. The summed E-state index contributed by atoms with van der Waals surface area (Å²) in [5.74, 6) is -0.284. The summed E-state index contributed by atoms with van der Waals surface area (Å²) < 4.78 is 24.0. The number of amides is 1. The van der Waals surface area contributed by atoms with Crippen LogP contribution in [0.3, 0.4) is 0 Å². The van der Waals surface area contributed by atoms with Crippen molar-refractivity contribution in [3.05, 3.63) is 35.7 Å². The number of pyridine rings is 1. The van der Waals surface area contributed by atoms with Crippen LogP contribution in [0.4, 0.5) is 0 Å². The molecule has 1 amide bonds. The van der Waals surface area contributed by atoms with E-state index in [1.54, 1.807) is 21.8 Å². The Hall–Kier alpha value is -1.93. The van der Waals surface area contributed by atoms with Crippen LogP contribution in [0.2, 0.25) is 0 Å². The third kappa shape index (κ3) is 2.84. The molecule has 1 aliphatic rings. The molecule has 0 aliphatic carbocycles. The summed E-state index contributed by atoms with van der Waals surface area (Å²) in [7, 11) is -3.51. The molecule has 3 rings (SSSR count). The van der Waals surface area contributed by atoms with Crippen LogP contribution in [0.5, 0.6) is 0 Å². The maximum absolute atomic E-state index is 12.7. The molecule has 3 heterocycles. The highest BCUT2D eigenvalue weighted by atomic mass is 32.2. The number of hydrogen-bond donors (Lipinski definition) is 1. The van der Waals surface area contributed by atoms with Crippen LogP contribution >= 0.6 is 0 Å². The van der Waals surface area contributed by atoms with E-state index in [0.29, 0.717) is 25.1 Å². The SMILES string of the molecule is Cc1cccn2ncc(C(=O)N3CCC(CS(N)(=O)=O)C3)c12. The number of carbonyl (C=O) groups excluding carboxylic acids is 1. The van der Waals surface area contributed by atoms with Gasteiger partial charge >= 0.3 is 0 Å². The summed E-state index contributed by atoms with van der Waals surface area (Å²) in [6.45, 7) is 2.89. The zero-order valence-corrected chi connectivity index (χ0v) is 13.1. The van der Waals surface area contributed by atoms with Gasteiger partial charge in [-0.2, -0.15) is 5.10 Å². The van der Waals surface area contributed by atoms with Crippen molar-refractivity contribution in [3.8, 4) is 0 Å². The number of carbonyl (C=O) groups is 1. The molecule has 118 valence electrons. The molecular formula is C14H18N4O3S. The lowest BCUT2D eigenvalue weighted by atomic mass is 10.1. The van der Waals surface area contributed by atoms with Gasteiger partial charge in [-0.25, -0.2) is 18.1 Å². The number of fused-ring (bicyclic) bond motifs is 1. The molecule has 0 spiro atoms. The number of rotatable bonds is 3. The van der Waals surface area contributed by atoms with Gasteiger partial charge in [-0.3, -0.25) is 4.79 Å². The van der Waals surface area contributed by atoms with E-state index >= 15 is 0 Å². The molecular weight excluding hydrogens is 304 g/mol. The van der Waals surface area contributed by atoms with Crippen LogP contribution in [-0.4, -0.2) is 47.7 Å². The van der Waals surface area contributed by atoms with E-state index in [0.717, 1.165) is 11.1 Å². The smallest absolute Gasteiger partial charge is 0.257 e. The van der Waals surface area contributed by atoms with Crippen molar-refractivity contribution in [1.82, 2.24) is 14.5 Å². The molecule has 1 unspecified atom stereocenters. The first-order valence-electron chi connectivity index (χ1n) is 7.08. The van der Waals surface area contributed by atoms with Crippen molar-refractivity contribution in [1.29, 1.82) is 0 Å². The number of primary sulfonamides is 1. The van der Waals surface area contributed by atoms with Gasteiger partial charge in [0.2, 0.25) is 10.0 Å². The summed E-state index contributed by atoms with van der Waals surface area (Å²) in [6, 6.07) is 3.81. The van der Waals surface area contributed by atoms with Crippen molar-refractivity contribution < 1.29 is 13.2 Å². The van der Waals surface area contributed by atoms with E-state index in [9.17, 15) is 13.2 Å². The molecule has 1 saturated heterocycles. The predicted octanol–water partition coefficient (Wildman–Crippen LogP) is 0.393. The maximum atomic E-state index is 12.7. The van der Waals surface area contributed by atoms with E-state index in [4.69, 9.17) is 5.14 Å². The summed E-state index contributed by atoms with van der Waals surface area (Å²) in [5, 5.41) is 9.28. The van der Waals surface area contributed by atoms with Crippen LogP contribution in [0.1, 0.15) is 22.3 Å². The predicted molar refractivity (Wildman–Crippen MR) is 81.9 cm³/mol. The highest BCUT2D eigenvalue weighted by molar-refractivity contribution is 7.89. The lowest BCUT2D eigenvalue weighted by molar-refractivity contribution is 0.0790. The van der Waals surface area contributed by atoms with Crippen molar-refractivity contribution >= 4 is 21.4 Å². The number of likely N-dealkylation sites (tertiary alicyclic amines) is 1.